The van der Waals surface area contributed by atoms with E-state index in [1.54, 1.807) is 0 Å². The van der Waals surface area contributed by atoms with Gasteiger partial charge in [-0.1, -0.05) is 32.0 Å². The molecule has 0 fully saturated rings. The summed E-state index contributed by atoms with van der Waals surface area (Å²) in [7, 11) is 0. The minimum atomic E-state index is -0.534. The molecule has 0 unspecified atom stereocenters. The molecule has 0 amide bonds. The summed E-state index contributed by atoms with van der Waals surface area (Å²) in [4.78, 5) is 25.1. The summed E-state index contributed by atoms with van der Waals surface area (Å²) in [5.41, 5.74) is 9.23. The van der Waals surface area contributed by atoms with Crippen LogP contribution in [-0.2, 0) is 19.4 Å². The third kappa shape index (κ3) is 2.54. The largest absolute Gasteiger partial charge is 0.394 e. The van der Waals surface area contributed by atoms with E-state index >= 15 is 0 Å². The van der Waals surface area contributed by atoms with Gasteiger partial charge in [-0.15, -0.1) is 0 Å². The smallest absolute Gasteiger partial charge is 0.253 e. The number of hydrogen-bond acceptors (Lipinski definition) is 4. The second kappa shape index (κ2) is 5.59. The first kappa shape index (κ1) is 14.8. The molecule has 0 bridgehead atoms. The highest BCUT2D eigenvalue weighted by atomic mass is 16.2. The van der Waals surface area contributed by atoms with Crippen LogP contribution in [0.3, 0.4) is 0 Å². The Morgan fingerprint density at radius 2 is 1.95 bits per heavy atom. The number of nitrogens with two attached hydrogens (primary N) is 1. The summed E-state index contributed by atoms with van der Waals surface area (Å²) < 4.78 is 0. The van der Waals surface area contributed by atoms with E-state index in [0.717, 1.165) is 25.8 Å². The summed E-state index contributed by atoms with van der Waals surface area (Å²) in [6, 6.07) is 6.66. The van der Waals surface area contributed by atoms with Crippen LogP contribution < -0.4 is 21.5 Å². The van der Waals surface area contributed by atoms with Crippen LogP contribution in [0.5, 0.6) is 0 Å². The van der Waals surface area contributed by atoms with Crippen molar-refractivity contribution in [3.05, 3.63) is 55.3 Å². The average molecular weight is 298 g/mol. The van der Waals surface area contributed by atoms with E-state index in [4.69, 9.17) is 5.73 Å². The number of nitrogens with zero attached hydrogens (tertiary/aromatic N) is 1. The maximum atomic E-state index is 11.8. The summed E-state index contributed by atoms with van der Waals surface area (Å²) in [6.45, 7) is 5.85. The van der Waals surface area contributed by atoms with E-state index in [0.29, 0.717) is 18.2 Å². The molecule has 22 heavy (non-hydrogen) atoms. The van der Waals surface area contributed by atoms with E-state index in [9.17, 15) is 9.59 Å². The van der Waals surface area contributed by atoms with Gasteiger partial charge < -0.3 is 10.6 Å². The second-order valence-electron chi connectivity index (χ2n) is 6.65. The number of fused-ring (bicyclic) bond motifs is 1. The lowest BCUT2D eigenvalue weighted by Gasteiger charge is -2.25. The molecule has 116 valence electrons. The van der Waals surface area contributed by atoms with Crippen LogP contribution >= 0.6 is 0 Å². The minimum Gasteiger partial charge on any atom is -0.394 e. The Labute approximate surface area is 130 Å². The molecule has 0 spiro atoms. The average Bonchev–Trinajstić information content (AvgIpc) is 2.68. The van der Waals surface area contributed by atoms with Gasteiger partial charge in [0.1, 0.15) is 11.4 Å². The molecule has 4 nitrogen and oxygen atoms in total. The lowest BCUT2D eigenvalue weighted by Crippen LogP contribution is -2.42. The van der Waals surface area contributed by atoms with Crippen molar-refractivity contribution in [3.8, 4) is 0 Å². The van der Waals surface area contributed by atoms with Crippen molar-refractivity contribution in [1.82, 2.24) is 0 Å². The maximum absolute atomic E-state index is 11.8. The van der Waals surface area contributed by atoms with Gasteiger partial charge in [-0.25, -0.2) is 0 Å². The van der Waals surface area contributed by atoms with Crippen LogP contribution in [0.15, 0.2) is 27.8 Å². The van der Waals surface area contributed by atoms with Crippen molar-refractivity contribution in [3.63, 3.8) is 0 Å². The molecule has 3 rings (SSSR count). The van der Waals surface area contributed by atoms with Crippen molar-refractivity contribution < 1.29 is 0 Å². The molecule has 1 heterocycles. The fourth-order valence-corrected chi connectivity index (χ4v) is 3.32. The van der Waals surface area contributed by atoms with Crippen LogP contribution in [0, 0.1) is 5.92 Å². The molecule has 2 N–H and O–H groups in total. The minimum absolute atomic E-state index is 0.131. The van der Waals surface area contributed by atoms with Crippen LogP contribution in [0.1, 0.15) is 37.0 Å². The highest BCUT2D eigenvalue weighted by molar-refractivity contribution is 5.72. The first-order chi connectivity index (χ1) is 10.5. The molecule has 0 saturated heterocycles. The fraction of sp³-hybridized carbons (Fsp3) is 0.444. The van der Waals surface area contributed by atoms with Gasteiger partial charge in [-0.2, -0.15) is 0 Å². The summed E-state index contributed by atoms with van der Waals surface area (Å²) in [5, 5.41) is 0. The van der Waals surface area contributed by atoms with Crippen LogP contribution in [0.2, 0.25) is 0 Å². The lowest BCUT2D eigenvalue weighted by molar-refractivity contribution is 0.646. The SMILES string of the molecule is CC(C)Cc1ccc2c(c1)CN(c1c(N)c(=O)c1=O)CCC2. The van der Waals surface area contributed by atoms with Crippen molar-refractivity contribution in [2.45, 2.75) is 39.7 Å². The van der Waals surface area contributed by atoms with Gasteiger partial charge in [0, 0.05) is 13.1 Å². The van der Waals surface area contributed by atoms with E-state index < -0.39 is 10.9 Å². The molecule has 0 aromatic heterocycles. The van der Waals surface area contributed by atoms with Gasteiger partial charge in [0.2, 0.25) is 0 Å². The Hall–Kier alpha value is -2.10. The quantitative estimate of drug-likeness (QED) is 0.881. The zero-order chi connectivity index (χ0) is 15.9. The molecule has 1 aliphatic heterocycles. The summed E-state index contributed by atoms with van der Waals surface area (Å²) in [5.74, 6) is 0.615. The zero-order valence-corrected chi connectivity index (χ0v) is 13.2. The van der Waals surface area contributed by atoms with E-state index in [1.165, 1.54) is 16.7 Å². The predicted molar refractivity (Wildman–Crippen MR) is 90.1 cm³/mol. The van der Waals surface area contributed by atoms with Gasteiger partial charge in [-0.05, 0) is 41.9 Å². The number of hydrogen-bond donors (Lipinski definition) is 1. The van der Waals surface area contributed by atoms with Crippen LogP contribution in [-0.4, -0.2) is 6.54 Å². The van der Waals surface area contributed by atoms with Crippen LogP contribution in [0.4, 0.5) is 11.4 Å². The molecule has 0 aliphatic carbocycles. The third-order valence-corrected chi connectivity index (χ3v) is 4.39. The molecular weight excluding hydrogens is 276 g/mol. The third-order valence-electron chi connectivity index (χ3n) is 4.39. The van der Waals surface area contributed by atoms with Crippen molar-refractivity contribution >= 4 is 11.4 Å². The topological polar surface area (TPSA) is 63.4 Å². The normalized spacial score (nSPS) is 15.1. The van der Waals surface area contributed by atoms with E-state index in [2.05, 4.69) is 32.0 Å². The Balaban J connectivity index is 1.91. The van der Waals surface area contributed by atoms with Gasteiger partial charge in [0.05, 0.1) is 0 Å². The first-order valence-corrected chi connectivity index (χ1v) is 7.91. The van der Waals surface area contributed by atoms with Gasteiger partial charge >= 0.3 is 0 Å². The summed E-state index contributed by atoms with van der Waals surface area (Å²) >= 11 is 0. The number of anilines is 2. The molecular formula is C18H22N2O2. The molecule has 4 heteroatoms. The molecule has 2 aromatic rings. The molecule has 0 radical (unpaired) electrons. The standard InChI is InChI=1S/C18H22N2O2/c1-11(2)8-12-5-6-13-4-3-7-20(10-14(13)9-12)16-15(19)17(21)18(16)22/h5-6,9,11H,3-4,7-8,10,19H2,1-2H3. The summed E-state index contributed by atoms with van der Waals surface area (Å²) in [6.07, 6.45) is 3.02. The Kier molecular flexibility index (Phi) is 3.77. The Morgan fingerprint density at radius 1 is 1.18 bits per heavy atom. The van der Waals surface area contributed by atoms with Crippen molar-refractivity contribution in [2.75, 3.05) is 17.2 Å². The van der Waals surface area contributed by atoms with Crippen molar-refractivity contribution in [2.24, 2.45) is 5.92 Å². The number of nitrogen functional groups attached to an aromatic ring is 1. The Bertz CT molecular complexity index is 770. The number of aryl methyl sites for hydroxylation is 1. The van der Waals surface area contributed by atoms with Crippen LogP contribution in [0.25, 0.3) is 0 Å². The zero-order valence-electron chi connectivity index (χ0n) is 13.2. The fourth-order valence-electron chi connectivity index (χ4n) is 3.32. The predicted octanol–water partition coefficient (Wildman–Crippen LogP) is 2.02. The number of rotatable bonds is 3. The van der Waals surface area contributed by atoms with E-state index in [1.807, 2.05) is 4.90 Å². The highest BCUT2D eigenvalue weighted by Crippen LogP contribution is 2.26. The first-order valence-electron chi connectivity index (χ1n) is 7.91. The van der Waals surface area contributed by atoms with Gasteiger partial charge in [0.25, 0.3) is 10.9 Å². The van der Waals surface area contributed by atoms with Gasteiger partial charge in [0.15, 0.2) is 0 Å². The molecule has 0 atom stereocenters. The second-order valence-corrected chi connectivity index (χ2v) is 6.65. The monoisotopic (exact) mass is 298 g/mol. The number of benzene rings is 1. The molecule has 2 aromatic carbocycles. The van der Waals surface area contributed by atoms with Gasteiger partial charge in [-0.3, -0.25) is 9.59 Å². The Morgan fingerprint density at radius 3 is 2.64 bits per heavy atom. The maximum Gasteiger partial charge on any atom is 0.253 e. The van der Waals surface area contributed by atoms with Crippen molar-refractivity contribution in [1.29, 1.82) is 0 Å². The lowest BCUT2D eigenvalue weighted by atomic mass is 9.96. The van der Waals surface area contributed by atoms with E-state index in [-0.39, 0.29) is 5.69 Å². The molecule has 0 saturated carbocycles. The highest BCUT2D eigenvalue weighted by Gasteiger charge is 2.25. The molecule has 1 aliphatic rings.